The summed E-state index contributed by atoms with van der Waals surface area (Å²) in [6.45, 7) is 5.44. The normalized spacial score (nSPS) is 16.5. The zero-order chi connectivity index (χ0) is 16.7. The Hall–Kier alpha value is -1.44. The summed E-state index contributed by atoms with van der Waals surface area (Å²) in [6.07, 6.45) is 0.543. The number of amides is 1. The Labute approximate surface area is 138 Å². The second-order valence-corrected chi connectivity index (χ2v) is 7.71. The lowest BCUT2D eigenvalue weighted by Gasteiger charge is -2.34. The predicted octanol–water partition coefficient (Wildman–Crippen LogP) is 0.660. The van der Waals surface area contributed by atoms with Crippen LogP contribution in [0.2, 0.25) is 0 Å². The monoisotopic (exact) mass is 339 g/mol. The number of nitrogens with zero attached hydrogens (tertiary/aromatic N) is 2. The highest BCUT2D eigenvalue weighted by Crippen LogP contribution is 2.08. The molecule has 6 nitrogen and oxygen atoms in total. The van der Waals surface area contributed by atoms with Gasteiger partial charge in [0.1, 0.15) is 0 Å². The predicted molar refractivity (Wildman–Crippen MR) is 90.4 cm³/mol. The Balaban J connectivity index is 1.74. The number of piperazine rings is 1. The van der Waals surface area contributed by atoms with Gasteiger partial charge in [-0.05, 0) is 12.0 Å². The van der Waals surface area contributed by atoms with Crippen molar-refractivity contribution in [1.29, 1.82) is 0 Å². The minimum absolute atomic E-state index is 0.0606. The van der Waals surface area contributed by atoms with Crippen molar-refractivity contribution in [1.82, 2.24) is 14.5 Å². The second-order valence-electron chi connectivity index (χ2n) is 5.78. The topological polar surface area (TPSA) is 69.7 Å². The number of nitrogens with one attached hydrogen (secondary N) is 1. The molecule has 1 N–H and O–H groups in total. The van der Waals surface area contributed by atoms with Gasteiger partial charge >= 0.3 is 0 Å². The summed E-state index contributed by atoms with van der Waals surface area (Å²) in [4.78, 5) is 16.1. The van der Waals surface area contributed by atoms with E-state index in [-0.39, 0.29) is 18.2 Å². The maximum Gasteiger partial charge on any atom is 0.237 e. The van der Waals surface area contributed by atoms with Gasteiger partial charge in [-0.2, -0.15) is 0 Å². The van der Waals surface area contributed by atoms with E-state index < -0.39 is 10.0 Å². The van der Waals surface area contributed by atoms with E-state index in [2.05, 4.69) is 21.8 Å². The zero-order valence-electron chi connectivity index (χ0n) is 13.6. The zero-order valence-corrected chi connectivity index (χ0v) is 14.4. The molecule has 0 atom stereocenters. The molecular formula is C16H25N3O3S. The Kier molecular flexibility index (Phi) is 6.56. The average Bonchev–Trinajstić information content (AvgIpc) is 2.54. The Morgan fingerprint density at radius 1 is 1.13 bits per heavy atom. The highest BCUT2D eigenvalue weighted by Gasteiger charge is 2.22. The molecule has 1 fully saturated rings. The molecule has 1 aromatic carbocycles. The number of carbonyl (C=O) groups excluding carboxylic acids is 1. The summed E-state index contributed by atoms with van der Waals surface area (Å²) in [6, 6.07) is 10.2. The van der Waals surface area contributed by atoms with E-state index >= 15 is 0 Å². The molecule has 0 aliphatic carbocycles. The molecule has 0 spiro atoms. The van der Waals surface area contributed by atoms with Crippen molar-refractivity contribution in [3.05, 3.63) is 35.9 Å². The first kappa shape index (κ1) is 17.9. The summed E-state index contributed by atoms with van der Waals surface area (Å²) >= 11 is 0. The lowest BCUT2D eigenvalue weighted by Crippen LogP contribution is -2.50. The molecule has 1 heterocycles. The van der Waals surface area contributed by atoms with E-state index in [1.54, 1.807) is 11.8 Å². The minimum atomic E-state index is -3.32. The van der Waals surface area contributed by atoms with Crippen LogP contribution < -0.4 is 4.72 Å². The molecule has 128 valence electrons. The molecule has 1 aliphatic rings. The van der Waals surface area contributed by atoms with E-state index in [4.69, 9.17) is 0 Å². The lowest BCUT2D eigenvalue weighted by molar-refractivity contribution is -0.131. The fourth-order valence-electron chi connectivity index (χ4n) is 2.62. The van der Waals surface area contributed by atoms with Gasteiger partial charge in [0.25, 0.3) is 0 Å². The minimum Gasteiger partial charge on any atom is -0.339 e. The maximum absolute atomic E-state index is 12.1. The molecule has 0 unspecified atom stereocenters. The number of benzene rings is 1. The van der Waals surface area contributed by atoms with Crippen LogP contribution in [-0.4, -0.2) is 62.6 Å². The van der Waals surface area contributed by atoms with Crippen molar-refractivity contribution in [2.45, 2.75) is 19.9 Å². The summed E-state index contributed by atoms with van der Waals surface area (Å²) in [5.74, 6) is -0.0884. The van der Waals surface area contributed by atoms with Gasteiger partial charge in [-0.15, -0.1) is 0 Å². The molecule has 7 heteroatoms. The van der Waals surface area contributed by atoms with Crippen LogP contribution in [0.4, 0.5) is 0 Å². The van der Waals surface area contributed by atoms with E-state index in [9.17, 15) is 13.2 Å². The molecule has 1 aliphatic heterocycles. The standard InChI is InChI=1S/C16H25N3O3S/c1-2-12-23(21,22)17-13-16(20)19-10-8-18(9-11-19)14-15-6-4-3-5-7-15/h3-7,17H,2,8-14H2,1H3. The molecule has 1 amide bonds. The number of carbonyl (C=O) groups is 1. The maximum atomic E-state index is 12.1. The lowest BCUT2D eigenvalue weighted by atomic mass is 10.2. The summed E-state index contributed by atoms with van der Waals surface area (Å²) in [5, 5.41) is 0. The SMILES string of the molecule is CCCS(=O)(=O)NCC(=O)N1CCN(Cc2ccccc2)CC1. The van der Waals surface area contributed by atoms with Crippen molar-refractivity contribution in [2.24, 2.45) is 0 Å². The smallest absolute Gasteiger partial charge is 0.237 e. The summed E-state index contributed by atoms with van der Waals surface area (Å²) in [7, 11) is -3.32. The molecule has 0 bridgehead atoms. The molecule has 0 saturated carbocycles. The molecule has 0 aromatic heterocycles. The average molecular weight is 339 g/mol. The number of hydrogen-bond donors (Lipinski definition) is 1. The Morgan fingerprint density at radius 3 is 2.39 bits per heavy atom. The molecule has 1 aromatic rings. The van der Waals surface area contributed by atoms with Crippen LogP contribution >= 0.6 is 0 Å². The van der Waals surface area contributed by atoms with Gasteiger partial charge in [-0.3, -0.25) is 9.69 Å². The van der Waals surface area contributed by atoms with Gasteiger partial charge in [-0.25, -0.2) is 13.1 Å². The Bertz CT molecular complexity index is 596. The fraction of sp³-hybridized carbons (Fsp3) is 0.562. The first-order chi connectivity index (χ1) is 11.0. The van der Waals surface area contributed by atoms with Crippen LogP contribution in [-0.2, 0) is 21.4 Å². The molecule has 1 saturated heterocycles. The van der Waals surface area contributed by atoms with Crippen molar-refractivity contribution < 1.29 is 13.2 Å². The van der Waals surface area contributed by atoms with Crippen LogP contribution in [0.1, 0.15) is 18.9 Å². The highest BCUT2D eigenvalue weighted by atomic mass is 32.2. The van der Waals surface area contributed by atoms with E-state index in [0.29, 0.717) is 19.5 Å². The second kappa shape index (κ2) is 8.42. The van der Waals surface area contributed by atoms with E-state index in [1.807, 2.05) is 18.2 Å². The first-order valence-electron chi connectivity index (χ1n) is 8.01. The third-order valence-electron chi connectivity index (χ3n) is 3.89. The van der Waals surface area contributed by atoms with Crippen LogP contribution in [0.25, 0.3) is 0 Å². The number of rotatable bonds is 7. The quantitative estimate of drug-likeness (QED) is 0.792. The summed E-state index contributed by atoms with van der Waals surface area (Å²) in [5.41, 5.74) is 1.26. The third kappa shape index (κ3) is 5.93. The van der Waals surface area contributed by atoms with Crippen LogP contribution in [0.3, 0.4) is 0 Å². The van der Waals surface area contributed by atoms with Crippen LogP contribution in [0.15, 0.2) is 30.3 Å². The largest absolute Gasteiger partial charge is 0.339 e. The number of sulfonamides is 1. The highest BCUT2D eigenvalue weighted by molar-refractivity contribution is 7.89. The molecular weight excluding hydrogens is 314 g/mol. The fourth-order valence-corrected chi connectivity index (χ4v) is 3.65. The van der Waals surface area contributed by atoms with E-state index in [1.165, 1.54) is 5.56 Å². The Morgan fingerprint density at radius 2 is 1.78 bits per heavy atom. The molecule has 0 radical (unpaired) electrons. The van der Waals surface area contributed by atoms with Gasteiger partial charge in [-0.1, -0.05) is 37.3 Å². The van der Waals surface area contributed by atoms with Crippen molar-refractivity contribution in [3.8, 4) is 0 Å². The van der Waals surface area contributed by atoms with Crippen molar-refractivity contribution >= 4 is 15.9 Å². The number of hydrogen-bond acceptors (Lipinski definition) is 4. The van der Waals surface area contributed by atoms with Gasteiger partial charge in [0.15, 0.2) is 0 Å². The molecule has 23 heavy (non-hydrogen) atoms. The van der Waals surface area contributed by atoms with E-state index in [0.717, 1.165) is 19.6 Å². The van der Waals surface area contributed by atoms with Crippen molar-refractivity contribution in [3.63, 3.8) is 0 Å². The van der Waals surface area contributed by atoms with Gasteiger partial charge in [0.05, 0.1) is 12.3 Å². The van der Waals surface area contributed by atoms with Gasteiger partial charge < -0.3 is 4.90 Å². The van der Waals surface area contributed by atoms with Crippen LogP contribution in [0.5, 0.6) is 0 Å². The van der Waals surface area contributed by atoms with Gasteiger partial charge in [0, 0.05) is 32.7 Å². The summed E-state index contributed by atoms with van der Waals surface area (Å²) < 4.78 is 25.5. The molecule has 2 rings (SSSR count). The third-order valence-corrected chi connectivity index (χ3v) is 5.42. The van der Waals surface area contributed by atoms with Crippen LogP contribution in [0, 0.1) is 0 Å². The first-order valence-corrected chi connectivity index (χ1v) is 9.67. The van der Waals surface area contributed by atoms with Gasteiger partial charge in [0.2, 0.25) is 15.9 Å². The van der Waals surface area contributed by atoms with Crippen molar-refractivity contribution in [2.75, 3.05) is 38.5 Å².